The van der Waals surface area contributed by atoms with Crippen molar-refractivity contribution >= 4 is 131 Å². The van der Waals surface area contributed by atoms with E-state index >= 15 is 0 Å². The van der Waals surface area contributed by atoms with Crippen molar-refractivity contribution in [3.05, 3.63) is 0 Å². The Morgan fingerprint density at radius 3 is 0.865 bits per heavy atom. The van der Waals surface area contributed by atoms with Crippen LogP contribution in [0.2, 0.25) is 0 Å². The summed E-state index contributed by atoms with van der Waals surface area (Å²) in [5, 5.41) is 0. The lowest BCUT2D eigenvalue weighted by atomic mass is 10.4. The maximum Gasteiger partial charge on any atom is 0.330 e. The van der Waals surface area contributed by atoms with Gasteiger partial charge in [0, 0.05) is 0 Å². The van der Waals surface area contributed by atoms with Gasteiger partial charge in [0.15, 0.2) is 11.2 Å². The number of hydrogen-bond donors (Lipinski definition) is 0. The van der Waals surface area contributed by atoms with E-state index in [4.69, 9.17) is 28.4 Å². The predicted octanol–water partition coefficient (Wildman–Crippen LogP) is 1.90. The zero-order valence-electron chi connectivity index (χ0n) is 18.7. The number of carbonyl (C=O) groups is 6. The lowest BCUT2D eigenvalue weighted by molar-refractivity contribution is -0.158. The summed E-state index contributed by atoms with van der Waals surface area (Å²) in [5.74, 6) is -4.33. The summed E-state index contributed by atoms with van der Waals surface area (Å²) in [7, 11) is 0. The van der Waals surface area contributed by atoms with Crippen LogP contribution < -0.4 is 0 Å². The van der Waals surface area contributed by atoms with Crippen LogP contribution in [0.5, 0.6) is 0 Å². The molecule has 0 N–H and O–H groups in total. The van der Waals surface area contributed by atoms with Crippen molar-refractivity contribution in [2.24, 2.45) is 0 Å². The van der Waals surface area contributed by atoms with E-state index in [1.54, 1.807) is 0 Å². The molecule has 0 spiro atoms. The van der Waals surface area contributed by atoms with Crippen molar-refractivity contribution < 1.29 is 57.2 Å². The summed E-state index contributed by atoms with van der Waals surface area (Å²) in [4.78, 5) is 71.5. The number of hydrogen-bond acceptors (Lipinski definition) is 13. The second-order valence-electron chi connectivity index (χ2n) is 6.21. The zero-order chi connectivity index (χ0) is 28.4. The van der Waals surface area contributed by atoms with Crippen LogP contribution in [-0.2, 0) is 57.2 Å². The molecular formula is C18H21Br6NO12. The van der Waals surface area contributed by atoms with Crippen molar-refractivity contribution in [3.8, 4) is 0 Å². The second kappa shape index (κ2) is 21.5. The predicted molar refractivity (Wildman–Crippen MR) is 147 cm³/mol. The van der Waals surface area contributed by atoms with Gasteiger partial charge in [0.2, 0.25) is 0 Å². The number of nitrogens with zero attached hydrogens (tertiary/aromatic N) is 1. The average Bonchev–Trinajstić information content (AvgIpc) is 2.81. The van der Waals surface area contributed by atoms with Gasteiger partial charge in [0.1, 0.15) is 39.6 Å². The van der Waals surface area contributed by atoms with Gasteiger partial charge in [-0.05, 0) is 0 Å². The quantitative estimate of drug-likeness (QED) is 0.0850. The normalized spacial score (nSPS) is 10.9. The molecule has 0 unspecified atom stereocenters. The maximum atomic E-state index is 12.1. The Kier molecular flexibility index (Phi) is 21.3. The van der Waals surface area contributed by atoms with Gasteiger partial charge >= 0.3 is 35.8 Å². The molecule has 0 radical (unpaired) electrons. The summed E-state index contributed by atoms with van der Waals surface area (Å²) >= 11 is 17.7. The van der Waals surface area contributed by atoms with Crippen LogP contribution in [0.4, 0.5) is 0 Å². The Labute approximate surface area is 262 Å². The smallest absolute Gasteiger partial charge is 0.330 e. The minimum absolute atomic E-state index is 0.215. The molecule has 0 saturated heterocycles. The highest BCUT2D eigenvalue weighted by molar-refractivity contribution is 9.25. The highest BCUT2D eigenvalue weighted by Crippen LogP contribution is 2.10. The van der Waals surface area contributed by atoms with Crippen LogP contribution in [0.15, 0.2) is 0 Å². The fraction of sp³-hybridized carbons (Fsp3) is 0.667. The van der Waals surface area contributed by atoms with Crippen LogP contribution in [0.3, 0.4) is 0 Å². The molecule has 0 saturated carbocycles. The molecule has 212 valence electrons. The van der Waals surface area contributed by atoms with Crippen LogP contribution in [-0.4, -0.2) is 111 Å². The Morgan fingerprint density at radius 2 is 0.649 bits per heavy atom. The fourth-order valence-electron chi connectivity index (χ4n) is 1.93. The molecule has 37 heavy (non-hydrogen) atoms. The van der Waals surface area contributed by atoms with Gasteiger partial charge in [-0.1, -0.05) is 95.6 Å². The molecule has 0 amide bonds. The van der Waals surface area contributed by atoms with E-state index in [-0.39, 0.29) is 39.6 Å². The van der Waals surface area contributed by atoms with Crippen LogP contribution in [0, 0.1) is 0 Å². The monoisotopic (exact) mass is 917 g/mol. The van der Waals surface area contributed by atoms with E-state index in [1.807, 2.05) is 0 Å². The molecule has 0 fully saturated rings. The largest absolute Gasteiger partial charge is 0.461 e. The van der Waals surface area contributed by atoms with Gasteiger partial charge in [-0.25, -0.2) is 14.4 Å². The highest BCUT2D eigenvalue weighted by atomic mass is 79.9. The Morgan fingerprint density at radius 1 is 0.432 bits per heavy atom. The van der Waals surface area contributed by atoms with E-state index in [1.165, 1.54) is 0 Å². The SMILES string of the molecule is O=C(CN(CC(=O)OCCOC(=O)C(Br)Br)CC(=O)OCCOC(=O)C(Br)Br)OCCOC(=O)C(Br)Br. The topological polar surface area (TPSA) is 161 Å². The van der Waals surface area contributed by atoms with E-state index < -0.39 is 66.7 Å². The number of carbonyl (C=O) groups excluding carboxylic acids is 6. The number of ether oxygens (including phenoxy) is 6. The van der Waals surface area contributed by atoms with Crippen LogP contribution in [0.25, 0.3) is 0 Å². The molecule has 0 aromatic rings. The standard InChI is InChI=1S/C18H21Br6NO12/c19-13(20)16(29)35-4-1-32-10(26)7-25(8-11(27)33-2-5-36-17(30)14(21)22)9-12(28)34-3-6-37-18(31)15(23)24/h13-15H,1-9H2. The summed E-state index contributed by atoms with van der Waals surface area (Å²) in [6.07, 6.45) is 0. The number of alkyl halides is 6. The molecular weight excluding hydrogens is 902 g/mol. The van der Waals surface area contributed by atoms with Gasteiger partial charge in [0.25, 0.3) is 0 Å². The lowest BCUT2D eigenvalue weighted by Crippen LogP contribution is -2.40. The highest BCUT2D eigenvalue weighted by Gasteiger charge is 2.21. The Hall–Kier alpha value is -0.340. The van der Waals surface area contributed by atoms with E-state index in [9.17, 15) is 28.8 Å². The summed E-state index contributed by atoms with van der Waals surface area (Å²) < 4.78 is 27.1. The number of esters is 6. The van der Waals surface area contributed by atoms with Crippen molar-refractivity contribution in [3.63, 3.8) is 0 Å². The summed E-state index contributed by atoms with van der Waals surface area (Å²) in [6, 6.07) is 0. The molecule has 0 aromatic carbocycles. The zero-order valence-corrected chi connectivity index (χ0v) is 28.2. The van der Waals surface area contributed by atoms with E-state index in [2.05, 4.69) is 95.6 Å². The van der Waals surface area contributed by atoms with Gasteiger partial charge in [0.05, 0.1) is 19.6 Å². The molecule has 13 nitrogen and oxygen atoms in total. The average molecular weight is 923 g/mol. The van der Waals surface area contributed by atoms with E-state index in [0.717, 1.165) is 4.90 Å². The first-order valence-corrected chi connectivity index (χ1v) is 15.4. The third kappa shape index (κ3) is 20.3. The van der Waals surface area contributed by atoms with Gasteiger partial charge in [-0.3, -0.25) is 19.3 Å². The Balaban J connectivity index is 4.72. The first kappa shape index (κ1) is 36.7. The van der Waals surface area contributed by atoms with Crippen molar-refractivity contribution in [1.82, 2.24) is 4.90 Å². The third-order valence-electron chi connectivity index (χ3n) is 3.36. The Bertz CT molecular complexity index is 682. The molecule has 0 aliphatic heterocycles. The fourth-order valence-corrected chi connectivity index (χ4v) is 2.73. The van der Waals surface area contributed by atoms with Gasteiger partial charge in [-0.15, -0.1) is 0 Å². The van der Waals surface area contributed by atoms with Crippen LogP contribution in [0.1, 0.15) is 0 Å². The van der Waals surface area contributed by atoms with E-state index in [0.29, 0.717) is 0 Å². The third-order valence-corrected chi connectivity index (χ3v) is 5.61. The lowest BCUT2D eigenvalue weighted by Gasteiger charge is -2.19. The minimum atomic E-state index is -0.824. The van der Waals surface area contributed by atoms with Crippen molar-refractivity contribution in [2.75, 3.05) is 59.3 Å². The molecule has 0 aliphatic carbocycles. The number of halogens is 6. The van der Waals surface area contributed by atoms with Gasteiger partial charge in [-0.2, -0.15) is 0 Å². The summed E-state index contributed by atoms with van der Waals surface area (Å²) in [6.45, 7) is -2.96. The summed E-state index contributed by atoms with van der Waals surface area (Å²) in [5.41, 5.74) is 0. The minimum Gasteiger partial charge on any atom is -0.461 e. The van der Waals surface area contributed by atoms with Crippen molar-refractivity contribution in [2.45, 2.75) is 11.2 Å². The molecule has 0 atom stereocenters. The molecule has 0 heterocycles. The first-order chi connectivity index (χ1) is 17.3. The van der Waals surface area contributed by atoms with Gasteiger partial charge < -0.3 is 28.4 Å². The second-order valence-corrected chi connectivity index (χ2v) is 15.4. The molecule has 0 aromatic heterocycles. The van der Waals surface area contributed by atoms with Crippen molar-refractivity contribution in [1.29, 1.82) is 0 Å². The molecule has 0 aliphatic rings. The first-order valence-electron chi connectivity index (χ1n) is 9.87. The maximum absolute atomic E-state index is 12.1. The molecule has 0 bridgehead atoms. The van der Waals surface area contributed by atoms with Crippen LogP contribution >= 0.6 is 95.6 Å². The number of rotatable bonds is 18. The molecule has 19 heteroatoms. The molecule has 0 rings (SSSR count).